The summed E-state index contributed by atoms with van der Waals surface area (Å²) in [5.41, 5.74) is 0. The fourth-order valence-corrected chi connectivity index (χ4v) is 2.10. The molecule has 19 heavy (non-hydrogen) atoms. The van der Waals surface area contributed by atoms with Crippen molar-refractivity contribution in [1.82, 2.24) is 15.0 Å². The van der Waals surface area contributed by atoms with Crippen LogP contribution in [0.25, 0.3) is 0 Å². The highest BCUT2D eigenvalue weighted by Crippen LogP contribution is 2.13. The van der Waals surface area contributed by atoms with Crippen molar-refractivity contribution in [3.8, 4) is 12.3 Å². The lowest BCUT2D eigenvalue weighted by Gasteiger charge is -2.18. The molecule has 1 aromatic rings. The molecular formula is C12H18ClN5S. The highest BCUT2D eigenvalue weighted by molar-refractivity contribution is 7.99. The van der Waals surface area contributed by atoms with Crippen LogP contribution in [0.2, 0.25) is 5.28 Å². The summed E-state index contributed by atoms with van der Waals surface area (Å²) in [6, 6.07) is 0. The van der Waals surface area contributed by atoms with Gasteiger partial charge in [0.15, 0.2) is 0 Å². The van der Waals surface area contributed by atoms with Gasteiger partial charge in [0.05, 0.1) is 5.75 Å². The maximum Gasteiger partial charge on any atom is 0.231 e. The number of anilines is 2. The molecule has 1 N–H and O–H groups in total. The van der Waals surface area contributed by atoms with Gasteiger partial charge in [-0.3, -0.25) is 0 Å². The number of rotatable bonds is 8. The number of halogens is 1. The van der Waals surface area contributed by atoms with Crippen molar-refractivity contribution in [2.45, 2.75) is 13.8 Å². The van der Waals surface area contributed by atoms with Crippen LogP contribution in [-0.4, -0.2) is 46.1 Å². The van der Waals surface area contributed by atoms with Gasteiger partial charge in [-0.05, 0) is 25.4 Å². The van der Waals surface area contributed by atoms with E-state index in [1.165, 1.54) is 0 Å². The molecule has 1 rings (SSSR count). The van der Waals surface area contributed by atoms with E-state index in [1.807, 2.05) is 18.7 Å². The summed E-state index contributed by atoms with van der Waals surface area (Å²) in [4.78, 5) is 14.6. The first-order valence-corrected chi connectivity index (χ1v) is 7.66. The monoisotopic (exact) mass is 299 g/mol. The van der Waals surface area contributed by atoms with E-state index in [-0.39, 0.29) is 5.28 Å². The third-order valence-electron chi connectivity index (χ3n) is 2.36. The average Bonchev–Trinajstić information content (AvgIpc) is 2.39. The number of hydrogen-bond acceptors (Lipinski definition) is 6. The van der Waals surface area contributed by atoms with Crippen LogP contribution < -0.4 is 10.2 Å². The van der Waals surface area contributed by atoms with Gasteiger partial charge in [0.1, 0.15) is 0 Å². The molecule has 5 nitrogen and oxygen atoms in total. The lowest BCUT2D eigenvalue weighted by molar-refractivity contribution is 0.812. The van der Waals surface area contributed by atoms with Crippen LogP contribution in [0, 0.1) is 12.3 Å². The van der Waals surface area contributed by atoms with Crippen LogP contribution in [0.3, 0.4) is 0 Å². The maximum atomic E-state index is 5.91. The van der Waals surface area contributed by atoms with Crippen LogP contribution in [0.1, 0.15) is 13.8 Å². The van der Waals surface area contributed by atoms with Gasteiger partial charge in [-0.2, -0.15) is 15.0 Å². The maximum absolute atomic E-state index is 5.91. The molecule has 1 heterocycles. The number of nitrogens with one attached hydrogen (secondary N) is 1. The Hall–Kier alpha value is -1.19. The molecule has 0 fully saturated rings. The minimum atomic E-state index is 0.204. The van der Waals surface area contributed by atoms with E-state index in [0.29, 0.717) is 17.6 Å². The topological polar surface area (TPSA) is 53.9 Å². The minimum absolute atomic E-state index is 0.204. The molecule has 0 aliphatic heterocycles. The van der Waals surface area contributed by atoms with Gasteiger partial charge in [0.25, 0.3) is 0 Å². The van der Waals surface area contributed by atoms with Crippen LogP contribution in [-0.2, 0) is 0 Å². The Morgan fingerprint density at radius 3 is 2.68 bits per heavy atom. The molecule has 7 heteroatoms. The fourth-order valence-electron chi connectivity index (χ4n) is 1.43. The number of hydrogen-bond donors (Lipinski definition) is 1. The zero-order valence-electron chi connectivity index (χ0n) is 11.2. The van der Waals surface area contributed by atoms with Crippen LogP contribution >= 0.6 is 23.4 Å². The first-order valence-electron chi connectivity index (χ1n) is 6.12. The molecule has 0 amide bonds. The second-order valence-electron chi connectivity index (χ2n) is 3.58. The zero-order chi connectivity index (χ0) is 14.1. The van der Waals surface area contributed by atoms with Gasteiger partial charge in [-0.25, -0.2) is 0 Å². The standard InChI is InChI=1S/C12H18ClN5S/c1-4-8-19-9-7-14-11-15-10(13)16-12(17-11)18(5-2)6-3/h1H,5-9H2,2-3H3,(H,14,15,16,17). The lowest BCUT2D eigenvalue weighted by Crippen LogP contribution is -2.25. The lowest BCUT2D eigenvalue weighted by atomic mass is 10.5. The van der Waals surface area contributed by atoms with Gasteiger partial charge < -0.3 is 10.2 Å². The molecule has 0 unspecified atom stereocenters. The molecule has 0 saturated carbocycles. The number of aromatic nitrogens is 3. The van der Waals surface area contributed by atoms with Crippen LogP contribution in [0.15, 0.2) is 0 Å². The summed E-state index contributed by atoms with van der Waals surface area (Å²) in [6.07, 6.45) is 5.18. The van der Waals surface area contributed by atoms with Crippen LogP contribution in [0.5, 0.6) is 0 Å². The highest BCUT2D eigenvalue weighted by atomic mass is 35.5. The molecule has 0 radical (unpaired) electrons. The van der Waals surface area contributed by atoms with Crippen LogP contribution in [0.4, 0.5) is 11.9 Å². The number of thioether (sulfide) groups is 1. The smallest absolute Gasteiger partial charge is 0.231 e. The van der Waals surface area contributed by atoms with E-state index in [1.54, 1.807) is 11.8 Å². The summed E-state index contributed by atoms with van der Waals surface area (Å²) in [7, 11) is 0. The Kier molecular flexibility index (Phi) is 7.38. The van der Waals surface area contributed by atoms with Gasteiger partial charge in [0.2, 0.25) is 17.2 Å². The molecular weight excluding hydrogens is 282 g/mol. The molecule has 0 spiro atoms. The molecule has 104 valence electrons. The van der Waals surface area contributed by atoms with Crippen molar-refractivity contribution in [2.75, 3.05) is 41.4 Å². The van der Waals surface area contributed by atoms with Gasteiger partial charge in [-0.1, -0.05) is 5.92 Å². The minimum Gasteiger partial charge on any atom is -0.353 e. The van der Waals surface area contributed by atoms with E-state index in [9.17, 15) is 0 Å². The van der Waals surface area contributed by atoms with Gasteiger partial charge >= 0.3 is 0 Å². The molecule has 0 bridgehead atoms. The first-order chi connectivity index (χ1) is 9.21. The Labute approximate surface area is 123 Å². The largest absolute Gasteiger partial charge is 0.353 e. The Morgan fingerprint density at radius 2 is 2.05 bits per heavy atom. The summed E-state index contributed by atoms with van der Waals surface area (Å²) in [6.45, 7) is 6.49. The predicted molar refractivity (Wildman–Crippen MR) is 83.0 cm³/mol. The molecule has 0 atom stereocenters. The van der Waals surface area contributed by atoms with Crippen molar-refractivity contribution in [1.29, 1.82) is 0 Å². The summed E-state index contributed by atoms with van der Waals surface area (Å²) in [5.74, 6) is 5.29. The molecule has 0 aromatic carbocycles. The summed E-state index contributed by atoms with van der Waals surface area (Å²) < 4.78 is 0. The number of nitrogens with zero attached hydrogens (tertiary/aromatic N) is 4. The molecule has 1 aromatic heterocycles. The first kappa shape index (κ1) is 15.9. The number of terminal acetylenes is 1. The summed E-state index contributed by atoms with van der Waals surface area (Å²) >= 11 is 7.59. The Bertz CT molecular complexity index is 431. The normalized spacial score (nSPS) is 10.0. The van der Waals surface area contributed by atoms with E-state index >= 15 is 0 Å². The van der Waals surface area contributed by atoms with Crippen molar-refractivity contribution >= 4 is 35.3 Å². The van der Waals surface area contributed by atoms with E-state index < -0.39 is 0 Å². The second kappa shape index (κ2) is 8.83. The fraction of sp³-hybridized carbons (Fsp3) is 0.583. The summed E-state index contributed by atoms with van der Waals surface area (Å²) in [5, 5.41) is 3.33. The molecule has 0 aliphatic rings. The average molecular weight is 300 g/mol. The third kappa shape index (κ3) is 5.53. The van der Waals surface area contributed by atoms with Crippen molar-refractivity contribution in [3.63, 3.8) is 0 Å². The van der Waals surface area contributed by atoms with E-state index in [0.717, 1.165) is 25.4 Å². The quantitative estimate of drug-likeness (QED) is 0.586. The van der Waals surface area contributed by atoms with Crippen molar-refractivity contribution in [3.05, 3.63) is 5.28 Å². The Morgan fingerprint density at radius 1 is 1.32 bits per heavy atom. The SMILES string of the molecule is C#CCSCCNc1nc(Cl)nc(N(CC)CC)n1. The highest BCUT2D eigenvalue weighted by Gasteiger charge is 2.09. The van der Waals surface area contributed by atoms with E-state index in [2.05, 4.69) is 26.2 Å². The zero-order valence-corrected chi connectivity index (χ0v) is 12.8. The molecule has 0 aliphatic carbocycles. The van der Waals surface area contributed by atoms with Gasteiger partial charge in [0, 0.05) is 25.4 Å². The van der Waals surface area contributed by atoms with E-state index in [4.69, 9.17) is 18.0 Å². The van der Waals surface area contributed by atoms with Gasteiger partial charge in [-0.15, -0.1) is 18.2 Å². The molecule has 0 saturated heterocycles. The van der Waals surface area contributed by atoms with Crippen molar-refractivity contribution < 1.29 is 0 Å². The van der Waals surface area contributed by atoms with Crippen molar-refractivity contribution in [2.24, 2.45) is 0 Å². The Balaban J connectivity index is 2.61. The third-order valence-corrected chi connectivity index (χ3v) is 3.39. The second-order valence-corrected chi connectivity index (χ2v) is 5.03. The predicted octanol–water partition coefficient (Wildman–Crippen LogP) is 2.15.